The summed E-state index contributed by atoms with van der Waals surface area (Å²) in [5.41, 5.74) is 3.89. The number of hydrogen-bond donors (Lipinski definition) is 2. The van der Waals surface area contributed by atoms with Crippen LogP contribution in [-0.4, -0.2) is 22.3 Å². The summed E-state index contributed by atoms with van der Waals surface area (Å²) in [7, 11) is 0. The van der Waals surface area contributed by atoms with Crippen molar-refractivity contribution in [3.63, 3.8) is 0 Å². The Bertz CT molecular complexity index is 1430. The summed E-state index contributed by atoms with van der Waals surface area (Å²) in [6.45, 7) is 5.40. The quantitative estimate of drug-likeness (QED) is 0.288. The molecule has 1 fully saturated rings. The largest absolute Gasteiger partial charge is 0.481 e. The van der Waals surface area contributed by atoms with Crippen molar-refractivity contribution in [1.82, 2.24) is 5.16 Å². The minimum atomic E-state index is -0.822. The van der Waals surface area contributed by atoms with Gasteiger partial charge in [0.15, 0.2) is 5.76 Å². The van der Waals surface area contributed by atoms with Crippen LogP contribution in [0.5, 0.6) is 0 Å². The van der Waals surface area contributed by atoms with Crippen LogP contribution in [0.3, 0.4) is 0 Å². The maximum absolute atomic E-state index is 12.8. The van der Waals surface area contributed by atoms with E-state index in [0.29, 0.717) is 30.0 Å². The molecule has 4 aromatic rings. The van der Waals surface area contributed by atoms with Crippen molar-refractivity contribution in [3.8, 4) is 22.4 Å². The Kier molecular flexibility index (Phi) is 6.07. The lowest BCUT2D eigenvalue weighted by Crippen LogP contribution is -2.28. The molecule has 7 nitrogen and oxygen atoms in total. The van der Waals surface area contributed by atoms with Gasteiger partial charge in [0, 0.05) is 5.56 Å². The molecule has 0 atom stereocenters. The zero-order valence-electron chi connectivity index (χ0n) is 20.9. The number of aromatic nitrogens is 1. The van der Waals surface area contributed by atoms with Gasteiger partial charge in [-0.25, -0.2) is 4.79 Å². The number of nitrogens with one attached hydrogen (secondary N) is 1. The van der Waals surface area contributed by atoms with Crippen LogP contribution in [0.2, 0.25) is 0 Å². The number of anilines is 1. The summed E-state index contributed by atoms with van der Waals surface area (Å²) in [4.78, 5) is 24.4. The number of amides is 1. The average molecular weight is 497 g/mol. The molecule has 0 spiro atoms. The molecular formula is C30H28N2O5. The monoisotopic (exact) mass is 496 g/mol. The molecule has 37 heavy (non-hydrogen) atoms. The zero-order chi connectivity index (χ0) is 26.2. The van der Waals surface area contributed by atoms with Gasteiger partial charge in [-0.2, -0.15) is 0 Å². The van der Waals surface area contributed by atoms with Crippen LogP contribution in [0, 0.1) is 6.92 Å². The molecule has 0 bridgehead atoms. The third-order valence-electron chi connectivity index (χ3n) is 7.00. The number of ether oxygens (including phenoxy) is 1. The topological polar surface area (TPSA) is 102 Å². The van der Waals surface area contributed by atoms with E-state index in [1.54, 1.807) is 6.92 Å². The number of carboxylic acids is 1. The van der Waals surface area contributed by atoms with Gasteiger partial charge in [0.1, 0.15) is 17.0 Å². The normalized spacial score (nSPS) is 14.1. The smallest absolute Gasteiger partial charge is 0.412 e. The molecule has 2 N–H and O–H groups in total. The van der Waals surface area contributed by atoms with E-state index in [2.05, 4.69) is 10.5 Å². The van der Waals surface area contributed by atoms with E-state index >= 15 is 0 Å². The van der Waals surface area contributed by atoms with E-state index in [0.717, 1.165) is 27.8 Å². The highest BCUT2D eigenvalue weighted by atomic mass is 16.6. The Morgan fingerprint density at radius 1 is 0.919 bits per heavy atom. The fourth-order valence-electron chi connectivity index (χ4n) is 4.53. The number of hydrogen-bond acceptors (Lipinski definition) is 5. The number of carboxylic acid groups (broad SMARTS) is 1. The third-order valence-corrected chi connectivity index (χ3v) is 7.00. The van der Waals surface area contributed by atoms with Crippen LogP contribution in [0.4, 0.5) is 10.5 Å². The second-order valence-electron chi connectivity index (χ2n) is 9.90. The first-order valence-electron chi connectivity index (χ1n) is 12.2. The van der Waals surface area contributed by atoms with Crippen molar-refractivity contribution in [2.24, 2.45) is 0 Å². The van der Waals surface area contributed by atoms with Gasteiger partial charge in [-0.3, -0.25) is 10.1 Å². The first-order valence-corrected chi connectivity index (χ1v) is 12.2. The van der Waals surface area contributed by atoms with E-state index in [1.165, 1.54) is 0 Å². The summed E-state index contributed by atoms with van der Waals surface area (Å²) >= 11 is 0. The van der Waals surface area contributed by atoms with Gasteiger partial charge in [0.25, 0.3) is 0 Å². The fourth-order valence-corrected chi connectivity index (χ4v) is 4.53. The van der Waals surface area contributed by atoms with Gasteiger partial charge in [-0.05, 0) is 55.9 Å². The summed E-state index contributed by atoms with van der Waals surface area (Å²) in [6, 6.07) is 25.0. The number of benzene rings is 3. The number of aryl methyl sites for hydroxylation is 1. The SMILES string of the molecule is Cc1onc(-c2ccc(-c3ccc(C4(C(=O)O)CC4)cc3)cc2)c1NC(=O)OC(C)(C)c1ccccc1. The Hall–Kier alpha value is -4.39. The Labute approximate surface area is 215 Å². The van der Waals surface area contributed by atoms with Crippen molar-refractivity contribution in [3.05, 3.63) is 95.7 Å². The summed E-state index contributed by atoms with van der Waals surface area (Å²) in [6.07, 6.45) is 0.760. The lowest BCUT2D eigenvalue weighted by Gasteiger charge is -2.25. The summed E-state index contributed by atoms with van der Waals surface area (Å²) < 4.78 is 11.1. The zero-order valence-corrected chi connectivity index (χ0v) is 20.9. The van der Waals surface area contributed by atoms with Crippen molar-refractivity contribution in [2.75, 3.05) is 5.32 Å². The first kappa shape index (κ1) is 24.3. The molecule has 3 aromatic carbocycles. The molecule has 0 radical (unpaired) electrons. The average Bonchev–Trinajstić information content (AvgIpc) is 3.64. The highest BCUT2D eigenvalue weighted by molar-refractivity contribution is 5.91. The molecule has 1 amide bonds. The number of carbonyl (C=O) groups is 2. The number of rotatable bonds is 7. The van der Waals surface area contributed by atoms with Gasteiger partial charge < -0.3 is 14.4 Å². The molecule has 1 aromatic heterocycles. The maximum atomic E-state index is 12.8. The predicted octanol–water partition coefficient (Wildman–Crippen LogP) is 6.92. The van der Waals surface area contributed by atoms with Gasteiger partial charge in [0.05, 0.1) is 5.41 Å². The molecule has 7 heteroatoms. The summed E-state index contributed by atoms with van der Waals surface area (Å²) in [5, 5.41) is 16.5. The minimum Gasteiger partial charge on any atom is -0.481 e. The molecular weight excluding hydrogens is 468 g/mol. The Morgan fingerprint density at radius 2 is 1.49 bits per heavy atom. The second kappa shape index (κ2) is 9.24. The fraction of sp³-hybridized carbons (Fsp3) is 0.233. The van der Waals surface area contributed by atoms with Crippen LogP contribution in [-0.2, 0) is 20.5 Å². The molecule has 1 aliphatic rings. The standard InChI is InChI=1S/C30H28N2O5/c1-19-25(31-28(35)36-29(2,3)23-7-5-4-6-8-23)26(32-37-19)22-11-9-20(10-12-22)21-13-15-24(16-14-21)30(17-18-30)27(33)34/h4-16H,17-18H2,1-3H3,(H,31,35)(H,33,34). The first-order chi connectivity index (χ1) is 17.7. The van der Waals surface area contributed by atoms with Gasteiger partial charge in [0.2, 0.25) is 0 Å². The molecule has 0 unspecified atom stereocenters. The highest BCUT2D eigenvalue weighted by Gasteiger charge is 2.51. The Balaban J connectivity index is 1.32. The predicted molar refractivity (Wildman–Crippen MR) is 140 cm³/mol. The molecule has 0 saturated heterocycles. The number of nitrogens with zero attached hydrogens (tertiary/aromatic N) is 1. The van der Waals surface area contributed by atoms with Gasteiger partial charge >= 0.3 is 12.1 Å². The summed E-state index contributed by atoms with van der Waals surface area (Å²) in [5.74, 6) is -0.291. The molecule has 1 heterocycles. The van der Waals surface area contributed by atoms with E-state index in [4.69, 9.17) is 9.26 Å². The van der Waals surface area contributed by atoms with E-state index < -0.39 is 23.1 Å². The van der Waals surface area contributed by atoms with E-state index in [-0.39, 0.29) is 0 Å². The molecule has 0 aliphatic heterocycles. The van der Waals surface area contributed by atoms with Crippen LogP contribution >= 0.6 is 0 Å². The van der Waals surface area contributed by atoms with Crippen molar-refractivity contribution < 1.29 is 24.0 Å². The van der Waals surface area contributed by atoms with E-state index in [1.807, 2.05) is 92.7 Å². The van der Waals surface area contributed by atoms with Crippen molar-refractivity contribution in [2.45, 2.75) is 44.6 Å². The van der Waals surface area contributed by atoms with Crippen LogP contribution in [0.25, 0.3) is 22.4 Å². The van der Waals surface area contributed by atoms with Crippen molar-refractivity contribution >= 4 is 17.7 Å². The van der Waals surface area contributed by atoms with Crippen LogP contribution in [0.1, 0.15) is 43.6 Å². The molecule has 1 aliphatic carbocycles. The molecule has 1 saturated carbocycles. The van der Waals surface area contributed by atoms with Crippen LogP contribution < -0.4 is 5.32 Å². The minimum absolute atomic E-state index is 0.453. The van der Waals surface area contributed by atoms with E-state index in [9.17, 15) is 14.7 Å². The Morgan fingerprint density at radius 3 is 2.05 bits per heavy atom. The lowest BCUT2D eigenvalue weighted by atomic mass is 9.93. The van der Waals surface area contributed by atoms with Crippen LogP contribution in [0.15, 0.2) is 83.4 Å². The maximum Gasteiger partial charge on any atom is 0.412 e. The van der Waals surface area contributed by atoms with Crippen molar-refractivity contribution in [1.29, 1.82) is 0 Å². The molecule has 188 valence electrons. The number of aliphatic carboxylic acids is 1. The van der Waals surface area contributed by atoms with Gasteiger partial charge in [-0.15, -0.1) is 0 Å². The van der Waals surface area contributed by atoms with Gasteiger partial charge in [-0.1, -0.05) is 84.0 Å². The highest BCUT2D eigenvalue weighted by Crippen LogP contribution is 2.48. The third kappa shape index (κ3) is 4.72. The molecule has 5 rings (SSSR count). The number of carbonyl (C=O) groups excluding carboxylic acids is 1. The lowest BCUT2D eigenvalue weighted by molar-refractivity contribution is -0.140. The second-order valence-corrected chi connectivity index (χ2v) is 9.90.